The minimum atomic E-state index is -0.131. The number of carbonyl (C=O) groups excluding carboxylic acids is 1. The van der Waals surface area contributed by atoms with Crippen molar-refractivity contribution < 1.29 is 4.79 Å². The smallest absolute Gasteiger partial charge is 0.244 e. The topological polar surface area (TPSA) is 44.4 Å². The van der Waals surface area contributed by atoms with Crippen molar-refractivity contribution >= 4 is 11.6 Å². The Hall–Kier alpha value is -1.55. The number of benzene rings is 1. The van der Waals surface area contributed by atoms with Crippen molar-refractivity contribution in [2.75, 3.05) is 25.0 Å². The predicted octanol–water partition coefficient (Wildman–Crippen LogP) is 1.16. The zero-order valence-corrected chi connectivity index (χ0v) is 11.9. The van der Waals surface area contributed by atoms with E-state index in [1.54, 1.807) is 0 Å². The summed E-state index contributed by atoms with van der Waals surface area (Å²) in [5.74, 6) is 0.110. The van der Waals surface area contributed by atoms with Gasteiger partial charge in [-0.1, -0.05) is 25.1 Å². The number of para-hydroxylation sites is 1. The van der Waals surface area contributed by atoms with E-state index in [1.165, 1.54) is 11.3 Å². The number of anilines is 1. The molecule has 1 amide bonds. The number of rotatable bonds is 4. The van der Waals surface area contributed by atoms with Crippen molar-refractivity contribution in [2.45, 2.75) is 32.4 Å². The summed E-state index contributed by atoms with van der Waals surface area (Å²) in [5, 5.41) is 6.15. The summed E-state index contributed by atoms with van der Waals surface area (Å²) in [4.78, 5) is 14.4. The van der Waals surface area contributed by atoms with Crippen LogP contribution in [0.1, 0.15) is 19.4 Å². The molecule has 0 saturated carbocycles. The minimum Gasteiger partial charge on any atom is -0.356 e. The van der Waals surface area contributed by atoms with Gasteiger partial charge >= 0.3 is 0 Å². The molecule has 0 bridgehead atoms. The van der Waals surface area contributed by atoms with Gasteiger partial charge in [-0.2, -0.15) is 0 Å². The van der Waals surface area contributed by atoms with Gasteiger partial charge in [0.1, 0.15) is 6.04 Å². The van der Waals surface area contributed by atoms with E-state index in [1.807, 2.05) is 13.1 Å². The zero-order chi connectivity index (χ0) is 13.8. The molecule has 0 aromatic heterocycles. The lowest BCUT2D eigenvalue weighted by atomic mass is 10.0. The van der Waals surface area contributed by atoms with Crippen LogP contribution in [0.25, 0.3) is 0 Å². The second-order valence-corrected chi connectivity index (χ2v) is 5.12. The Kier molecular flexibility index (Phi) is 4.43. The summed E-state index contributed by atoms with van der Waals surface area (Å²) in [6, 6.07) is 8.42. The zero-order valence-electron chi connectivity index (χ0n) is 11.9. The van der Waals surface area contributed by atoms with E-state index in [0.717, 1.165) is 13.0 Å². The van der Waals surface area contributed by atoms with Gasteiger partial charge in [0.25, 0.3) is 0 Å². The highest BCUT2D eigenvalue weighted by Crippen LogP contribution is 2.25. The lowest BCUT2D eigenvalue weighted by molar-refractivity contribution is -0.124. The van der Waals surface area contributed by atoms with E-state index in [4.69, 9.17) is 0 Å². The van der Waals surface area contributed by atoms with E-state index in [9.17, 15) is 4.79 Å². The quantitative estimate of drug-likeness (QED) is 0.855. The third-order valence-corrected chi connectivity index (χ3v) is 3.62. The van der Waals surface area contributed by atoms with Crippen molar-refractivity contribution in [1.82, 2.24) is 10.6 Å². The molecule has 1 saturated heterocycles. The molecule has 1 aromatic carbocycles. The third kappa shape index (κ3) is 2.89. The van der Waals surface area contributed by atoms with Gasteiger partial charge in [0.2, 0.25) is 5.91 Å². The second kappa shape index (κ2) is 6.06. The standard InChI is InChI=1S/C15H23N3O/c1-4-12-7-5-6-8-13(12)18-10-11(2)17-15(19)14(18)9-16-3/h5-8,11,14,16H,4,9-10H2,1-3H3,(H,17,19). The summed E-state index contributed by atoms with van der Waals surface area (Å²) in [7, 11) is 1.88. The van der Waals surface area contributed by atoms with Gasteiger partial charge in [0, 0.05) is 24.8 Å². The summed E-state index contributed by atoms with van der Waals surface area (Å²) >= 11 is 0. The summed E-state index contributed by atoms with van der Waals surface area (Å²) in [6.07, 6.45) is 0.981. The van der Waals surface area contributed by atoms with Crippen LogP contribution in [-0.2, 0) is 11.2 Å². The van der Waals surface area contributed by atoms with Gasteiger partial charge in [0.05, 0.1) is 0 Å². The Morgan fingerprint density at radius 1 is 1.42 bits per heavy atom. The summed E-state index contributed by atoms with van der Waals surface area (Å²) < 4.78 is 0. The third-order valence-electron chi connectivity index (χ3n) is 3.62. The molecule has 2 unspecified atom stereocenters. The second-order valence-electron chi connectivity index (χ2n) is 5.12. The van der Waals surface area contributed by atoms with Crippen LogP contribution < -0.4 is 15.5 Å². The highest BCUT2D eigenvalue weighted by atomic mass is 16.2. The Bertz CT molecular complexity index is 447. The molecular formula is C15H23N3O. The van der Waals surface area contributed by atoms with Crippen LogP contribution in [0.4, 0.5) is 5.69 Å². The highest BCUT2D eigenvalue weighted by molar-refractivity contribution is 5.87. The van der Waals surface area contributed by atoms with Gasteiger partial charge in [-0.3, -0.25) is 4.79 Å². The van der Waals surface area contributed by atoms with Gasteiger partial charge < -0.3 is 15.5 Å². The fourth-order valence-electron chi connectivity index (χ4n) is 2.70. The molecule has 1 aliphatic rings. The van der Waals surface area contributed by atoms with Crippen molar-refractivity contribution in [3.63, 3.8) is 0 Å². The van der Waals surface area contributed by atoms with Crippen molar-refractivity contribution in [1.29, 1.82) is 0 Å². The monoisotopic (exact) mass is 261 g/mol. The molecule has 104 valence electrons. The van der Waals surface area contributed by atoms with Crippen LogP contribution in [0.15, 0.2) is 24.3 Å². The SMILES string of the molecule is CCc1ccccc1N1CC(C)NC(=O)C1CNC. The molecule has 2 atom stereocenters. The number of hydrogen-bond donors (Lipinski definition) is 2. The fourth-order valence-corrected chi connectivity index (χ4v) is 2.70. The predicted molar refractivity (Wildman–Crippen MR) is 78.5 cm³/mol. The molecule has 0 aliphatic carbocycles. The van der Waals surface area contributed by atoms with Crippen LogP contribution in [-0.4, -0.2) is 38.1 Å². The Morgan fingerprint density at radius 3 is 2.84 bits per heavy atom. The van der Waals surface area contributed by atoms with Gasteiger partial charge in [-0.05, 0) is 32.0 Å². The minimum absolute atomic E-state index is 0.110. The maximum absolute atomic E-state index is 12.2. The molecular weight excluding hydrogens is 238 g/mol. The number of nitrogens with one attached hydrogen (secondary N) is 2. The van der Waals surface area contributed by atoms with Crippen LogP contribution in [0.2, 0.25) is 0 Å². The largest absolute Gasteiger partial charge is 0.356 e. The summed E-state index contributed by atoms with van der Waals surface area (Å²) in [5.41, 5.74) is 2.48. The first-order chi connectivity index (χ1) is 9.17. The van der Waals surface area contributed by atoms with E-state index < -0.39 is 0 Å². The van der Waals surface area contributed by atoms with Crippen LogP contribution in [0, 0.1) is 0 Å². The van der Waals surface area contributed by atoms with Gasteiger partial charge in [-0.25, -0.2) is 0 Å². The first kappa shape index (κ1) is 13.9. The molecule has 2 rings (SSSR count). The normalized spacial score (nSPS) is 23.3. The number of aryl methyl sites for hydroxylation is 1. The number of nitrogens with zero attached hydrogens (tertiary/aromatic N) is 1. The van der Waals surface area contributed by atoms with Gasteiger partial charge in [-0.15, -0.1) is 0 Å². The Balaban J connectivity index is 2.34. The molecule has 4 heteroatoms. The number of carbonyl (C=O) groups is 1. The lowest BCUT2D eigenvalue weighted by Gasteiger charge is -2.40. The first-order valence-corrected chi connectivity index (χ1v) is 6.96. The number of piperazine rings is 1. The maximum Gasteiger partial charge on any atom is 0.244 e. The van der Waals surface area contributed by atoms with E-state index >= 15 is 0 Å². The molecule has 1 aliphatic heterocycles. The molecule has 0 spiro atoms. The van der Waals surface area contributed by atoms with Crippen molar-refractivity contribution in [3.05, 3.63) is 29.8 Å². The van der Waals surface area contributed by atoms with Crippen molar-refractivity contribution in [3.8, 4) is 0 Å². The van der Waals surface area contributed by atoms with E-state index in [2.05, 4.69) is 47.6 Å². The number of amides is 1. The Labute approximate surface area is 115 Å². The highest BCUT2D eigenvalue weighted by Gasteiger charge is 2.33. The van der Waals surface area contributed by atoms with Crippen LogP contribution in [0.5, 0.6) is 0 Å². The molecule has 0 radical (unpaired) electrons. The van der Waals surface area contributed by atoms with Crippen molar-refractivity contribution in [2.24, 2.45) is 0 Å². The number of likely N-dealkylation sites (N-methyl/N-ethyl adjacent to an activating group) is 1. The summed E-state index contributed by atoms with van der Waals surface area (Å²) in [6.45, 7) is 5.72. The fraction of sp³-hybridized carbons (Fsp3) is 0.533. The van der Waals surface area contributed by atoms with E-state index in [-0.39, 0.29) is 18.0 Å². The maximum atomic E-state index is 12.2. The first-order valence-electron chi connectivity index (χ1n) is 6.96. The average Bonchev–Trinajstić information content (AvgIpc) is 2.41. The lowest BCUT2D eigenvalue weighted by Crippen LogP contribution is -2.62. The van der Waals surface area contributed by atoms with Gasteiger partial charge in [0.15, 0.2) is 0 Å². The molecule has 1 fully saturated rings. The average molecular weight is 261 g/mol. The molecule has 19 heavy (non-hydrogen) atoms. The molecule has 1 aromatic rings. The molecule has 1 heterocycles. The van der Waals surface area contributed by atoms with Crippen LogP contribution >= 0.6 is 0 Å². The molecule has 4 nitrogen and oxygen atoms in total. The number of hydrogen-bond acceptors (Lipinski definition) is 3. The van der Waals surface area contributed by atoms with E-state index in [0.29, 0.717) is 6.54 Å². The molecule has 2 N–H and O–H groups in total. The Morgan fingerprint density at radius 2 is 2.16 bits per heavy atom. The van der Waals surface area contributed by atoms with Crippen LogP contribution in [0.3, 0.4) is 0 Å².